The molecule has 1 saturated heterocycles. The fourth-order valence-corrected chi connectivity index (χ4v) is 3.98. The SMILES string of the molecule is CN1CCN(N(c2ccccc2)c2cn[nH]c2-c2ccc(C#N)s2)CC1. The number of nitrogens with zero attached hydrogens (tertiary/aromatic N) is 5. The summed E-state index contributed by atoms with van der Waals surface area (Å²) in [4.78, 5) is 4.06. The molecule has 7 heteroatoms. The van der Waals surface area contributed by atoms with Crippen molar-refractivity contribution in [2.45, 2.75) is 0 Å². The van der Waals surface area contributed by atoms with Gasteiger partial charge >= 0.3 is 0 Å². The number of likely N-dealkylation sites (N-methyl/N-ethyl adjacent to an activating group) is 1. The second-order valence-corrected chi connectivity index (χ2v) is 7.39. The lowest BCUT2D eigenvalue weighted by molar-refractivity contribution is 0.155. The predicted molar refractivity (Wildman–Crippen MR) is 104 cm³/mol. The molecule has 1 aliphatic rings. The van der Waals surface area contributed by atoms with E-state index in [9.17, 15) is 0 Å². The average molecular weight is 364 g/mol. The summed E-state index contributed by atoms with van der Waals surface area (Å²) in [7, 11) is 2.16. The van der Waals surface area contributed by atoms with Crippen LogP contribution in [0.3, 0.4) is 0 Å². The molecule has 0 radical (unpaired) electrons. The van der Waals surface area contributed by atoms with E-state index in [4.69, 9.17) is 5.26 Å². The highest BCUT2D eigenvalue weighted by atomic mass is 32.1. The van der Waals surface area contributed by atoms with Gasteiger partial charge in [-0.3, -0.25) is 10.1 Å². The molecule has 4 rings (SSSR count). The molecule has 2 aromatic heterocycles. The van der Waals surface area contributed by atoms with E-state index in [1.807, 2.05) is 24.4 Å². The Morgan fingerprint density at radius 1 is 1.12 bits per heavy atom. The molecule has 6 nitrogen and oxygen atoms in total. The predicted octanol–water partition coefficient (Wildman–Crippen LogP) is 3.31. The normalized spacial score (nSPS) is 15.7. The topological polar surface area (TPSA) is 62.2 Å². The number of piperazine rings is 1. The Hall–Kier alpha value is -2.66. The van der Waals surface area contributed by atoms with Crippen LogP contribution in [0, 0.1) is 11.3 Å². The van der Waals surface area contributed by atoms with E-state index < -0.39 is 0 Å². The molecule has 0 amide bonds. The number of para-hydroxylation sites is 1. The van der Waals surface area contributed by atoms with Crippen LogP contribution < -0.4 is 5.01 Å². The van der Waals surface area contributed by atoms with E-state index in [0.717, 1.165) is 48.1 Å². The highest BCUT2D eigenvalue weighted by Crippen LogP contribution is 2.37. The lowest BCUT2D eigenvalue weighted by Crippen LogP contribution is -2.51. The Bertz CT molecular complexity index is 902. The Kier molecular flexibility index (Phi) is 4.71. The fourth-order valence-electron chi connectivity index (χ4n) is 3.17. The van der Waals surface area contributed by atoms with Gasteiger partial charge in [-0.25, -0.2) is 5.01 Å². The Balaban J connectivity index is 1.76. The molecule has 0 saturated carbocycles. The zero-order valence-corrected chi connectivity index (χ0v) is 15.4. The van der Waals surface area contributed by atoms with Crippen LogP contribution >= 0.6 is 11.3 Å². The molecule has 1 fully saturated rings. The van der Waals surface area contributed by atoms with E-state index >= 15 is 0 Å². The minimum Gasteiger partial charge on any atom is -0.304 e. The maximum absolute atomic E-state index is 9.14. The standard InChI is InChI=1S/C19H20N6S/c1-23-9-11-24(12-10-23)25(15-5-3-2-4-6-15)17-14-21-22-19(17)18-8-7-16(13-20)26-18/h2-8,14H,9-12H2,1H3,(H,21,22). The van der Waals surface area contributed by atoms with Crippen molar-refractivity contribution in [2.75, 3.05) is 38.2 Å². The van der Waals surface area contributed by atoms with Gasteiger partial charge in [-0.2, -0.15) is 10.4 Å². The van der Waals surface area contributed by atoms with Crippen LogP contribution in [0.25, 0.3) is 10.6 Å². The summed E-state index contributed by atoms with van der Waals surface area (Å²) in [5.41, 5.74) is 3.06. The summed E-state index contributed by atoms with van der Waals surface area (Å²) in [5, 5.41) is 21.2. The number of benzene rings is 1. The number of anilines is 2. The third kappa shape index (κ3) is 3.22. The van der Waals surface area contributed by atoms with Gasteiger partial charge in [0.15, 0.2) is 0 Å². The summed E-state index contributed by atoms with van der Waals surface area (Å²) in [6, 6.07) is 16.4. The van der Waals surface area contributed by atoms with Crippen LogP contribution in [-0.2, 0) is 0 Å². The lowest BCUT2D eigenvalue weighted by Gasteiger charge is -2.41. The molecule has 0 unspecified atom stereocenters. The molecule has 0 bridgehead atoms. The van der Waals surface area contributed by atoms with Crippen LogP contribution in [0.15, 0.2) is 48.7 Å². The van der Waals surface area contributed by atoms with Crippen molar-refractivity contribution in [3.63, 3.8) is 0 Å². The van der Waals surface area contributed by atoms with Crippen LogP contribution in [0.5, 0.6) is 0 Å². The number of nitriles is 1. The minimum absolute atomic E-state index is 0.700. The molecule has 132 valence electrons. The van der Waals surface area contributed by atoms with E-state index in [-0.39, 0.29) is 0 Å². The highest BCUT2D eigenvalue weighted by Gasteiger charge is 2.26. The first-order valence-corrected chi connectivity index (χ1v) is 9.40. The molecule has 1 N–H and O–H groups in total. The maximum atomic E-state index is 9.14. The van der Waals surface area contributed by atoms with E-state index in [1.54, 1.807) is 0 Å². The number of hydrogen-bond acceptors (Lipinski definition) is 6. The van der Waals surface area contributed by atoms with E-state index in [0.29, 0.717) is 4.88 Å². The largest absolute Gasteiger partial charge is 0.304 e. The van der Waals surface area contributed by atoms with Crippen LogP contribution in [-0.4, -0.2) is 53.3 Å². The molecular formula is C19H20N6S. The fraction of sp³-hybridized carbons (Fsp3) is 0.263. The first-order valence-electron chi connectivity index (χ1n) is 8.58. The van der Waals surface area contributed by atoms with Gasteiger partial charge in [0.05, 0.1) is 16.8 Å². The van der Waals surface area contributed by atoms with Crippen molar-refractivity contribution >= 4 is 22.7 Å². The Labute approximate surface area is 156 Å². The molecule has 1 aromatic carbocycles. The lowest BCUT2D eigenvalue weighted by atomic mass is 10.2. The van der Waals surface area contributed by atoms with E-state index in [1.165, 1.54) is 11.3 Å². The van der Waals surface area contributed by atoms with Crippen molar-refractivity contribution in [2.24, 2.45) is 0 Å². The van der Waals surface area contributed by atoms with Gasteiger partial charge in [0, 0.05) is 26.2 Å². The van der Waals surface area contributed by atoms with Gasteiger partial charge in [0.1, 0.15) is 22.3 Å². The second-order valence-electron chi connectivity index (χ2n) is 6.31. The summed E-state index contributed by atoms with van der Waals surface area (Å²) in [5.74, 6) is 0. The van der Waals surface area contributed by atoms with Gasteiger partial charge in [0.2, 0.25) is 0 Å². The number of nitrogens with one attached hydrogen (secondary N) is 1. The quantitative estimate of drug-likeness (QED) is 0.769. The molecule has 0 atom stereocenters. The molecule has 1 aliphatic heterocycles. The van der Waals surface area contributed by atoms with Gasteiger partial charge in [-0.1, -0.05) is 18.2 Å². The van der Waals surface area contributed by atoms with Crippen molar-refractivity contribution < 1.29 is 0 Å². The highest BCUT2D eigenvalue weighted by molar-refractivity contribution is 7.16. The van der Waals surface area contributed by atoms with Crippen molar-refractivity contribution in [1.29, 1.82) is 5.26 Å². The van der Waals surface area contributed by atoms with Crippen LogP contribution in [0.2, 0.25) is 0 Å². The number of hydrogen-bond donors (Lipinski definition) is 1. The third-order valence-corrected chi connectivity index (χ3v) is 5.58. The number of rotatable bonds is 4. The first-order chi connectivity index (χ1) is 12.8. The first kappa shape index (κ1) is 16.8. The van der Waals surface area contributed by atoms with Crippen molar-refractivity contribution in [3.8, 4) is 16.6 Å². The number of aromatic nitrogens is 2. The molecular weight excluding hydrogens is 344 g/mol. The zero-order valence-electron chi connectivity index (χ0n) is 14.6. The van der Waals surface area contributed by atoms with Crippen LogP contribution in [0.4, 0.5) is 11.4 Å². The summed E-state index contributed by atoms with van der Waals surface area (Å²) in [6.07, 6.45) is 1.87. The van der Waals surface area contributed by atoms with Crippen molar-refractivity contribution in [3.05, 3.63) is 53.5 Å². The second kappa shape index (κ2) is 7.30. The summed E-state index contributed by atoms with van der Waals surface area (Å²) >= 11 is 1.48. The molecule has 0 spiro atoms. The summed E-state index contributed by atoms with van der Waals surface area (Å²) in [6.45, 7) is 3.94. The van der Waals surface area contributed by atoms with Gasteiger partial charge in [-0.15, -0.1) is 11.3 Å². The summed E-state index contributed by atoms with van der Waals surface area (Å²) < 4.78 is 0. The monoisotopic (exact) mass is 364 g/mol. The molecule has 3 aromatic rings. The molecule has 3 heterocycles. The number of thiophene rings is 1. The van der Waals surface area contributed by atoms with Gasteiger partial charge in [-0.05, 0) is 31.3 Å². The average Bonchev–Trinajstić information content (AvgIpc) is 3.33. The Morgan fingerprint density at radius 3 is 2.58 bits per heavy atom. The maximum Gasteiger partial charge on any atom is 0.110 e. The molecule has 26 heavy (non-hydrogen) atoms. The minimum atomic E-state index is 0.700. The van der Waals surface area contributed by atoms with E-state index in [2.05, 4.69) is 62.5 Å². The smallest absolute Gasteiger partial charge is 0.110 e. The third-order valence-electron chi connectivity index (χ3n) is 4.57. The van der Waals surface area contributed by atoms with Crippen LogP contribution in [0.1, 0.15) is 4.88 Å². The number of H-pyrrole nitrogens is 1. The Morgan fingerprint density at radius 2 is 1.88 bits per heavy atom. The van der Waals surface area contributed by atoms with Gasteiger partial charge < -0.3 is 4.90 Å². The number of hydrazine groups is 1. The van der Waals surface area contributed by atoms with Crippen molar-refractivity contribution in [1.82, 2.24) is 20.1 Å². The zero-order chi connectivity index (χ0) is 17.9. The van der Waals surface area contributed by atoms with Gasteiger partial charge in [0.25, 0.3) is 0 Å². The molecule has 0 aliphatic carbocycles. The number of aromatic amines is 1.